The molecule has 1 aliphatic heterocycles. The molecule has 2 aromatic carbocycles. The minimum Gasteiger partial charge on any atom is -0.457 e. The number of para-hydroxylation sites is 1. The number of carbonyl (C=O) groups excluding carboxylic acids is 1. The van der Waals surface area contributed by atoms with E-state index in [0.717, 1.165) is 29.2 Å². The second kappa shape index (κ2) is 7.53. The van der Waals surface area contributed by atoms with Crippen LogP contribution in [0.1, 0.15) is 17.2 Å². The Kier molecular flexibility index (Phi) is 5.20. The molecule has 1 fully saturated rings. The Hall–Kier alpha value is -1.98. The van der Waals surface area contributed by atoms with Gasteiger partial charge in [0, 0.05) is 12.6 Å². The lowest BCUT2D eigenvalue weighted by molar-refractivity contribution is -0.121. The van der Waals surface area contributed by atoms with E-state index in [0.29, 0.717) is 6.54 Å². The molecule has 0 aliphatic carbocycles. The number of thioether (sulfide) groups is 1. The lowest BCUT2D eigenvalue weighted by Crippen LogP contribution is -2.40. The smallest absolute Gasteiger partial charge is 0.237 e. The van der Waals surface area contributed by atoms with Gasteiger partial charge in [-0.3, -0.25) is 4.79 Å². The van der Waals surface area contributed by atoms with Crippen LogP contribution in [-0.4, -0.2) is 24.2 Å². The summed E-state index contributed by atoms with van der Waals surface area (Å²) in [6, 6.07) is 17.5. The normalized spacial score (nSPS) is 21.3. The second-order valence-corrected chi connectivity index (χ2v) is 6.68. The largest absolute Gasteiger partial charge is 0.457 e. The molecule has 1 heterocycles. The maximum atomic E-state index is 12.3. The number of nitrogens with two attached hydrogens (primary N) is 1. The van der Waals surface area contributed by atoms with Crippen LogP contribution in [0.3, 0.4) is 0 Å². The maximum Gasteiger partial charge on any atom is 0.237 e. The quantitative estimate of drug-likeness (QED) is 0.905. The molecule has 4 nitrogen and oxygen atoms in total. The molecule has 3 rings (SSSR count). The summed E-state index contributed by atoms with van der Waals surface area (Å²) in [4.78, 5) is 12.3. The van der Waals surface area contributed by atoms with E-state index in [1.165, 1.54) is 0 Å². The third-order valence-corrected chi connectivity index (χ3v) is 5.07. The molecule has 23 heavy (non-hydrogen) atoms. The summed E-state index contributed by atoms with van der Waals surface area (Å²) in [7, 11) is 0. The molecule has 1 aliphatic rings. The molecule has 1 saturated heterocycles. The Balaban J connectivity index is 1.70. The van der Waals surface area contributed by atoms with Crippen LogP contribution in [0.5, 0.6) is 11.5 Å². The van der Waals surface area contributed by atoms with Crippen molar-refractivity contribution >= 4 is 17.7 Å². The van der Waals surface area contributed by atoms with Gasteiger partial charge in [-0.1, -0.05) is 30.3 Å². The van der Waals surface area contributed by atoms with Gasteiger partial charge in [0.1, 0.15) is 16.7 Å². The number of carbonyl (C=O) groups is 1. The Morgan fingerprint density at radius 3 is 2.48 bits per heavy atom. The van der Waals surface area contributed by atoms with Crippen molar-refractivity contribution in [1.82, 2.24) is 5.32 Å². The van der Waals surface area contributed by atoms with E-state index in [2.05, 4.69) is 5.32 Å². The first-order chi connectivity index (χ1) is 11.3. The van der Waals surface area contributed by atoms with Gasteiger partial charge in [-0.05, 0) is 42.0 Å². The average molecular weight is 328 g/mol. The Morgan fingerprint density at radius 2 is 1.78 bits per heavy atom. The van der Waals surface area contributed by atoms with Crippen LogP contribution in [0.15, 0.2) is 54.6 Å². The number of nitrogens with one attached hydrogen (secondary N) is 1. The Bertz CT molecular complexity index is 646. The van der Waals surface area contributed by atoms with E-state index < -0.39 is 0 Å². The number of ether oxygens (including phenoxy) is 1. The summed E-state index contributed by atoms with van der Waals surface area (Å²) in [5, 5.41) is 2.83. The van der Waals surface area contributed by atoms with Gasteiger partial charge in [0.05, 0.1) is 0 Å². The molecule has 0 aromatic heterocycles. The topological polar surface area (TPSA) is 64.3 Å². The minimum absolute atomic E-state index is 0.0414. The fraction of sp³-hybridized carbons (Fsp3) is 0.278. The van der Waals surface area contributed by atoms with Crippen LogP contribution < -0.4 is 15.8 Å². The van der Waals surface area contributed by atoms with E-state index >= 15 is 0 Å². The molecular weight excluding hydrogens is 308 g/mol. The first-order valence-electron chi connectivity index (χ1n) is 7.71. The van der Waals surface area contributed by atoms with Crippen molar-refractivity contribution in [3.63, 3.8) is 0 Å². The predicted octanol–water partition coefficient (Wildman–Crippen LogP) is 3.10. The Labute approximate surface area is 140 Å². The summed E-state index contributed by atoms with van der Waals surface area (Å²) in [5.41, 5.74) is 6.66. The molecule has 2 aromatic rings. The van der Waals surface area contributed by atoms with Crippen molar-refractivity contribution in [3.8, 4) is 11.5 Å². The van der Waals surface area contributed by atoms with Crippen molar-refractivity contribution < 1.29 is 9.53 Å². The zero-order chi connectivity index (χ0) is 16.1. The lowest BCUT2D eigenvalue weighted by Gasteiger charge is -2.16. The highest BCUT2D eigenvalue weighted by atomic mass is 32.2. The molecule has 1 amide bonds. The molecule has 120 valence electrons. The first kappa shape index (κ1) is 15.9. The van der Waals surface area contributed by atoms with E-state index in [1.807, 2.05) is 54.6 Å². The number of amides is 1. The molecule has 3 N–H and O–H groups in total. The third-order valence-electron chi connectivity index (χ3n) is 3.78. The van der Waals surface area contributed by atoms with E-state index in [4.69, 9.17) is 10.5 Å². The van der Waals surface area contributed by atoms with E-state index in [9.17, 15) is 4.79 Å². The first-order valence-corrected chi connectivity index (χ1v) is 8.76. The molecule has 0 radical (unpaired) electrons. The van der Waals surface area contributed by atoms with Crippen LogP contribution in [0.4, 0.5) is 0 Å². The highest BCUT2D eigenvalue weighted by Gasteiger charge is 2.26. The average Bonchev–Trinajstić information content (AvgIpc) is 2.78. The van der Waals surface area contributed by atoms with Crippen molar-refractivity contribution in [1.29, 1.82) is 0 Å². The van der Waals surface area contributed by atoms with Gasteiger partial charge in [0.2, 0.25) is 5.91 Å². The van der Waals surface area contributed by atoms with E-state index in [-0.39, 0.29) is 17.2 Å². The van der Waals surface area contributed by atoms with Crippen LogP contribution in [0.25, 0.3) is 0 Å². The minimum atomic E-state index is -0.183. The molecule has 0 unspecified atom stereocenters. The number of rotatable bonds is 4. The van der Waals surface area contributed by atoms with Gasteiger partial charge >= 0.3 is 0 Å². The number of hydrogen-bond acceptors (Lipinski definition) is 4. The van der Waals surface area contributed by atoms with Gasteiger partial charge in [-0.25, -0.2) is 0 Å². The summed E-state index contributed by atoms with van der Waals surface area (Å²) in [6.45, 7) is 0.489. The van der Waals surface area contributed by atoms with Gasteiger partial charge in [0.15, 0.2) is 0 Å². The summed E-state index contributed by atoms with van der Waals surface area (Å²) >= 11 is 1.67. The third kappa shape index (κ3) is 4.06. The zero-order valence-corrected chi connectivity index (χ0v) is 13.6. The van der Waals surface area contributed by atoms with Gasteiger partial charge in [-0.2, -0.15) is 0 Å². The molecular formula is C18H20N2O2S. The van der Waals surface area contributed by atoms with Crippen molar-refractivity contribution in [3.05, 3.63) is 60.2 Å². The zero-order valence-electron chi connectivity index (χ0n) is 12.8. The lowest BCUT2D eigenvalue weighted by atomic mass is 10.1. The summed E-state index contributed by atoms with van der Waals surface area (Å²) in [5.74, 6) is 2.53. The highest BCUT2D eigenvalue weighted by Crippen LogP contribution is 2.33. The van der Waals surface area contributed by atoms with Crippen molar-refractivity contribution in [2.24, 2.45) is 5.73 Å². The highest BCUT2D eigenvalue weighted by molar-refractivity contribution is 8.00. The van der Waals surface area contributed by atoms with Crippen LogP contribution in [0.2, 0.25) is 0 Å². The summed E-state index contributed by atoms with van der Waals surface area (Å²) in [6.07, 6.45) is 0.915. The summed E-state index contributed by atoms with van der Waals surface area (Å²) < 4.78 is 5.78. The SMILES string of the molecule is NC[C@H]1CCS[C@H](c2ccc(Oc3ccccc3)cc2)C(=O)N1. The second-order valence-electron chi connectivity index (χ2n) is 5.46. The number of hydrogen-bond donors (Lipinski definition) is 2. The van der Waals surface area contributed by atoms with Crippen LogP contribution in [-0.2, 0) is 4.79 Å². The van der Waals surface area contributed by atoms with Gasteiger partial charge in [-0.15, -0.1) is 11.8 Å². The number of benzene rings is 2. The monoisotopic (exact) mass is 328 g/mol. The van der Waals surface area contributed by atoms with Crippen LogP contribution in [0, 0.1) is 0 Å². The molecule has 0 spiro atoms. The fourth-order valence-corrected chi connectivity index (χ4v) is 3.74. The maximum absolute atomic E-state index is 12.3. The molecule has 5 heteroatoms. The van der Waals surface area contributed by atoms with Crippen molar-refractivity contribution in [2.45, 2.75) is 17.7 Å². The fourth-order valence-electron chi connectivity index (χ4n) is 2.51. The van der Waals surface area contributed by atoms with Gasteiger partial charge in [0.25, 0.3) is 0 Å². The van der Waals surface area contributed by atoms with Crippen LogP contribution >= 0.6 is 11.8 Å². The van der Waals surface area contributed by atoms with E-state index in [1.54, 1.807) is 11.8 Å². The van der Waals surface area contributed by atoms with Crippen molar-refractivity contribution in [2.75, 3.05) is 12.3 Å². The van der Waals surface area contributed by atoms with Gasteiger partial charge < -0.3 is 15.8 Å². The molecule has 2 atom stereocenters. The Morgan fingerprint density at radius 1 is 1.09 bits per heavy atom. The molecule has 0 saturated carbocycles. The molecule has 0 bridgehead atoms. The predicted molar refractivity (Wildman–Crippen MR) is 93.8 cm³/mol. The standard InChI is InChI=1S/C18H20N2O2S/c19-12-14-10-11-23-17(18(21)20-14)13-6-8-16(9-7-13)22-15-4-2-1-3-5-15/h1-9,14,17H,10-12,19H2,(H,20,21)/t14-,17-/m1/s1.